The Morgan fingerprint density at radius 2 is 2.04 bits per heavy atom. The fourth-order valence-electron chi connectivity index (χ4n) is 3.27. The SMILES string of the molecule is COc1c(Nc2n[nH]c3cc(C(C)(C)O)ccc23)cccc1-c1cnn(C)c1. The van der Waals surface area contributed by atoms with Crippen molar-refractivity contribution in [3.05, 3.63) is 54.4 Å². The molecule has 0 aliphatic carbocycles. The van der Waals surface area contributed by atoms with E-state index in [1.807, 2.05) is 55.8 Å². The molecule has 0 spiro atoms. The zero-order chi connectivity index (χ0) is 19.9. The zero-order valence-electron chi connectivity index (χ0n) is 16.3. The first-order valence-corrected chi connectivity index (χ1v) is 9.01. The lowest BCUT2D eigenvalue weighted by Gasteiger charge is -2.17. The summed E-state index contributed by atoms with van der Waals surface area (Å²) in [5, 5.41) is 26.2. The first-order valence-electron chi connectivity index (χ1n) is 9.01. The Labute approximate surface area is 163 Å². The van der Waals surface area contributed by atoms with E-state index in [0.717, 1.165) is 39.0 Å². The van der Waals surface area contributed by atoms with E-state index >= 15 is 0 Å². The Hall–Kier alpha value is -3.32. The summed E-state index contributed by atoms with van der Waals surface area (Å²) in [5.74, 6) is 1.42. The monoisotopic (exact) mass is 377 g/mol. The largest absolute Gasteiger partial charge is 0.494 e. The van der Waals surface area contributed by atoms with Crippen LogP contribution in [0, 0.1) is 0 Å². The van der Waals surface area contributed by atoms with Gasteiger partial charge in [-0.25, -0.2) is 0 Å². The van der Waals surface area contributed by atoms with Gasteiger partial charge in [0.2, 0.25) is 0 Å². The van der Waals surface area contributed by atoms with Gasteiger partial charge in [0.1, 0.15) is 5.75 Å². The number of fused-ring (bicyclic) bond motifs is 1. The summed E-state index contributed by atoms with van der Waals surface area (Å²) in [6, 6.07) is 11.7. The molecule has 0 saturated carbocycles. The Morgan fingerprint density at radius 3 is 2.71 bits per heavy atom. The van der Waals surface area contributed by atoms with Gasteiger partial charge in [0.05, 0.1) is 30.1 Å². The average molecular weight is 377 g/mol. The molecule has 2 heterocycles. The zero-order valence-corrected chi connectivity index (χ0v) is 16.3. The molecule has 4 rings (SSSR count). The van der Waals surface area contributed by atoms with E-state index in [1.54, 1.807) is 25.6 Å². The molecule has 28 heavy (non-hydrogen) atoms. The van der Waals surface area contributed by atoms with Gasteiger partial charge in [-0.3, -0.25) is 9.78 Å². The molecular weight excluding hydrogens is 354 g/mol. The summed E-state index contributed by atoms with van der Waals surface area (Å²) in [5.41, 5.74) is 3.50. The summed E-state index contributed by atoms with van der Waals surface area (Å²) in [7, 11) is 3.54. The van der Waals surface area contributed by atoms with Crippen molar-refractivity contribution in [2.24, 2.45) is 7.05 Å². The molecular formula is C21H23N5O2. The first kappa shape index (κ1) is 18.1. The highest BCUT2D eigenvalue weighted by Crippen LogP contribution is 2.38. The molecule has 0 fully saturated rings. The van der Waals surface area contributed by atoms with Crippen molar-refractivity contribution in [1.29, 1.82) is 0 Å². The number of aryl methyl sites for hydroxylation is 1. The van der Waals surface area contributed by atoms with Gasteiger partial charge in [0.25, 0.3) is 0 Å². The second-order valence-electron chi connectivity index (χ2n) is 7.31. The van der Waals surface area contributed by atoms with Gasteiger partial charge in [0, 0.05) is 29.8 Å². The van der Waals surface area contributed by atoms with E-state index in [9.17, 15) is 5.11 Å². The number of nitrogens with zero attached hydrogens (tertiary/aromatic N) is 3. The minimum Gasteiger partial charge on any atom is -0.494 e. The fourth-order valence-corrected chi connectivity index (χ4v) is 3.27. The van der Waals surface area contributed by atoms with Crippen molar-refractivity contribution in [2.75, 3.05) is 12.4 Å². The number of benzene rings is 2. The van der Waals surface area contributed by atoms with Crippen LogP contribution in [0.3, 0.4) is 0 Å². The predicted molar refractivity (Wildman–Crippen MR) is 110 cm³/mol. The Kier molecular flexibility index (Phi) is 4.31. The number of rotatable bonds is 5. The summed E-state index contributed by atoms with van der Waals surface area (Å²) in [6.07, 6.45) is 3.76. The summed E-state index contributed by atoms with van der Waals surface area (Å²) in [6.45, 7) is 3.52. The number of para-hydroxylation sites is 1. The smallest absolute Gasteiger partial charge is 0.160 e. The second kappa shape index (κ2) is 6.69. The number of aliphatic hydroxyl groups is 1. The van der Waals surface area contributed by atoms with Gasteiger partial charge < -0.3 is 15.2 Å². The first-order chi connectivity index (χ1) is 13.4. The van der Waals surface area contributed by atoms with Gasteiger partial charge in [-0.05, 0) is 37.6 Å². The molecule has 0 aliphatic rings. The third-order valence-electron chi connectivity index (χ3n) is 4.76. The van der Waals surface area contributed by atoms with E-state index < -0.39 is 5.60 Å². The molecule has 3 N–H and O–H groups in total. The summed E-state index contributed by atoms with van der Waals surface area (Å²) >= 11 is 0. The van der Waals surface area contributed by atoms with Crippen LogP contribution in [0.25, 0.3) is 22.0 Å². The number of nitrogens with one attached hydrogen (secondary N) is 2. The molecule has 0 aliphatic heterocycles. The molecule has 0 amide bonds. The average Bonchev–Trinajstić information content (AvgIpc) is 3.27. The molecule has 0 unspecified atom stereocenters. The Balaban J connectivity index is 1.73. The molecule has 144 valence electrons. The standard InChI is InChI=1S/C21H23N5O2/c1-21(2,27)14-8-9-16-18(10-14)24-25-20(16)23-17-7-5-6-15(19(17)28-4)13-11-22-26(3)12-13/h5-12,27H,1-4H3,(H2,23,24,25). The van der Waals surface area contributed by atoms with Crippen LogP contribution in [0.4, 0.5) is 11.5 Å². The van der Waals surface area contributed by atoms with E-state index in [4.69, 9.17) is 4.74 Å². The van der Waals surface area contributed by atoms with Crippen LogP contribution in [0.2, 0.25) is 0 Å². The lowest BCUT2D eigenvalue weighted by molar-refractivity contribution is 0.0787. The maximum Gasteiger partial charge on any atom is 0.160 e. The van der Waals surface area contributed by atoms with Gasteiger partial charge in [0.15, 0.2) is 5.82 Å². The van der Waals surface area contributed by atoms with Crippen LogP contribution in [0.5, 0.6) is 5.75 Å². The quantitative estimate of drug-likeness (QED) is 0.490. The highest BCUT2D eigenvalue weighted by molar-refractivity contribution is 5.93. The number of aromatic amines is 1. The molecule has 0 atom stereocenters. The van der Waals surface area contributed by atoms with Crippen molar-refractivity contribution in [1.82, 2.24) is 20.0 Å². The number of H-pyrrole nitrogens is 1. The number of hydrogen-bond acceptors (Lipinski definition) is 5. The topological polar surface area (TPSA) is 88.0 Å². The molecule has 0 bridgehead atoms. The number of ether oxygens (including phenoxy) is 1. The van der Waals surface area contributed by atoms with Crippen molar-refractivity contribution in [2.45, 2.75) is 19.4 Å². The van der Waals surface area contributed by atoms with E-state index in [-0.39, 0.29) is 0 Å². The summed E-state index contributed by atoms with van der Waals surface area (Å²) < 4.78 is 7.45. The number of hydrogen-bond donors (Lipinski definition) is 3. The van der Waals surface area contributed by atoms with Crippen LogP contribution in [0.1, 0.15) is 19.4 Å². The molecule has 7 heteroatoms. The van der Waals surface area contributed by atoms with Crippen LogP contribution in [-0.2, 0) is 12.6 Å². The highest BCUT2D eigenvalue weighted by Gasteiger charge is 2.18. The lowest BCUT2D eigenvalue weighted by Crippen LogP contribution is -2.14. The van der Waals surface area contributed by atoms with E-state index in [0.29, 0.717) is 5.82 Å². The second-order valence-corrected chi connectivity index (χ2v) is 7.31. The number of aromatic nitrogens is 4. The third kappa shape index (κ3) is 3.20. The van der Waals surface area contributed by atoms with E-state index in [2.05, 4.69) is 20.6 Å². The number of anilines is 2. The molecule has 0 saturated heterocycles. The third-order valence-corrected chi connectivity index (χ3v) is 4.76. The molecule has 0 radical (unpaired) electrons. The van der Waals surface area contributed by atoms with Crippen LogP contribution < -0.4 is 10.1 Å². The van der Waals surface area contributed by atoms with Crippen molar-refractivity contribution < 1.29 is 9.84 Å². The maximum atomic E-state index is 10.2. The highest BCUT2D eigenvalue weighted by atomic mass is 16.5. The van der Waals surface area contributed by atoms with Gasteiger partial charge in [-0.2, -0.15) is 10.2 Å². The Morgan fingerprint density at radius 1 is 1.21 bits per heavy atom. The predicted octanol–water partition coefficient (Wildman–Crippen LogP) is 3.94. The van der Waals surface area contributed by atoms with E-state index in [1.165, 1.54) is 0 Å². The molecule has 7 nitrogen and oxygen atoms in total. The summed E-state index contributed by atoms with van der Waals surface area (Å²) in [4.78, 5) is 0. The van der Waals surface area contributed by atoms with Gasteiger partial charge in [-0.1, -0.05) is 18.2 Å². The fraction of sp³-hybridized carbons (Fsp3) is 0.238. The minimum atomic E-state index is -0.909. The lowest BCUT2D eigenvalue weighted by atomic mass is 9.97. The molecule has 4 aromatic rings. The van der Waals surface area contributed by atoms with Gasteiger partial charge in [-0.15, -0.1) is 0 Å². The van der Waals surface area contributed by atoms with Crippen molar-refractivity contribution in [3.63, 3.8) is 0 Å². The maximum absolute atomic E-state index is 10.2. The normalized spacial score (nSPS) is 11.8. The van der Waals surface area contributed by atoms with Gasteiger partial charge >= 0.3 is 0 Å². The van der Waals surface area contributed by atoms with Crippen LogP contribution in [-0.4, -0.2) is 32.2 Å². The minimum absolute atomic E-state index is 0.693. The number of methoxy groups -OCH3 is 1. The Bertz CT molecular complexity index is 1140. The molecule has 2 aromatic carbocycles. The van der Waals surface area contributed by atoms with Crippen molar-refractivity contribution >= 4 is 22.4 Å². The van der Waals surface area contributed by atoms with Crippen LogP contribution in [0.15, 0.2) is 48.8 Å². The van der Waals surface area contributed by atoms with Crippen LogP contribution >= 0.6 is 0 Å². The molecule has 2 aromatic heterocycles. The van der Waals surface area contributed by atoms with Crippen molar-refractivity contribution in [3.8, 4) is 16.9 Å².